The normalized spacial score (nSPS) is 11.8. The minimum Gasteiger partial charge on any atom is -0.459 e. The molecule has 4 rings (SSSR count). The van der Waals surface area contributed by atoms with Crippen LogP contribution in [0.25, 0.3) is 10.9 Å². The summed E-state index contributed by atoms with van der Waals surface area (Å²) in [5.41, 5.74) is 2.95. The molecule has 0 bridgehead atoms. The van der Waals surface area contributed by atoms with Gasteiger partial charge in [0.15, 0.2) is 0 Å². The van der Waals surface area contributed by atoms with Crippen molar-refractivity contribution < 1.29 is 14.3 Å². The van der Waals surface area contributed by atoms with E-state index in [1.165, 1.54) is 0 Å². The molecule has 4 aromatic rings. The summed E-state index contributed by atoms with van der Waals surface area (Å²) >= 11 is 6.03. The molecule has 0 aliphatic rings. The predicted molar refractivity (Wildman–Crippen MR) is 121 cm³/mol. The van der Waals surface area contributed by atoms with Crippen LogP contribution < -0.4 is 5.32 Å². The van der Waals surface area contributed by atoms with Crippen LogP contribution in [0.3, 0.4) is 0 Å². The maximum absolute atomic E-state index is 12.9. The minimum atomic E-state index is -0.825. The van der Waals surface area contributed by atoms with E-state index in [2.05, 4.69) is 10.3 Å². The number of amides is 1. The molecule has 156 valence electrons. The quantitative estimate of drug-likeness (QED) is 0.408. The van der Waals surface area contributed by atoms with Gasteiger partial charge in [0.25, 0.3) is 5.91 Å². The first-order chi connectivity index (χ1) is 15.1. The molecule has 0 radical (unpaired) electrons. The number of carbonyl (C=O) groups excluding carboxylic acids is 2. The van der Waals surface area contributed by atoms with E-state index >= 15 is 0 Å². The Morgan fingerprint density at radius 1 is 0.903 bits per heavy atom. The van der Waals surface area contributed by atoms with Crippen LogP contribution in [0.4, 0.5) is 0 Å². The maximum Gasteiger partial charge on any atom is 0.329 e. The average Bonchev–Trinajstić information content (AvgIpc) is 3.22. The molecule has 1 unspecified atom stereocenters. The van der Waals surface area contributed by atoms with Crippen LogP contribution in [0, 0.1) is 0 Å². The molecule has 0 aliphatic carbocycles. The highest BCUT2D eigenvalue weighted by molar-refractivity contribution is 6.31. The molecule has 5 nitrogen and oxygen atoms in total. The Bertz CT molecular complexity index is 1190. The highest BCUT2D eigenvalue weighted by atomic mass is 35.5. The Kier molecular flexibility index (Phi) is 6.34. The zero-order valence-electron chi connectivity index (χ0n) is 16.7. The average molecular weight is 433 g/mol. The van der Waals surface area contributed by atoms with Gasteiger partial charge in [-0.3, -0.25) is 4.79 Å². The van der Waals surface area contributed by atoms with E-state index in [4.69, 9.17) is 16.3 Å². The fourth-order valence-corrected chi connectivity index (χ4v) is 3.51. The molecule has 1 amide bonds. The van der Waals surface area contributed by atoms with Crippen LogP contribution >= 0.6 is 11.6 Å². The number of rotatable bonds is 7. The van der Waals surface area contributed by atoms with Gasteiger partial charge in [0.05, 0.1) is 0 Å². The Hall–Kier alpha value is -3.57. The first kappa shape index (κ1) is 20.7. The molecule has 0 fully saturated rings. The molecular weight excluding hydrogens is 412 g/mol. The van der Waals surface area contributed by atoms with E-state index in [1.54, 1.807) is 18.2 Å². The summed E-state index contributed by atoms with van der Waals surface area (Å²) in [6, 6.07) is 25.2. The first-order valence-electron chi connectivity index (χ1n) is 9.92. The standard InChI is InChI=1S/C25H21ClN2O3/c26-20-11-12-21-19(14-20)15-22(27-21)24(29)28-23(13-17-7-3-1-4-8-17)25(30)31-16-18-9-5-2-6-10-18/h1-12,14-15,23,27H,13,16H2,(H,28,29). The van der Waals surface area contributed by atoms with Crippen LogP contribution in [0.5, 0.6) is 0 Å². The number of aromatic amines is 1. The van der Waals surface area contributed by atoms with Crippen molar-refractivity contribution in [1.82, 2.24) is 10.3 Å². The summed E-state index contributed by atoms with van der Waals surface area (Å²) in [7, 11) is 0. The lowest BCUT2D eigenvalue weighted by Crippen LogP contribution is -2.43. The summed E-state index contributed by atoms with van der Waals surface area (Å²) < 4.78 is 5.49. The lowest BCUT2D eigenvalue weighted by atomic mass is 10.1. The molecule has 0 saturated carbocycles. The molecule has 31 heavy (non-hydrogen) atoms. The Morgan fingerprint density at radius 3 is 2.29 bits per heavy atom. The number of hydrogen-bond acceptors (Lipinski definition) is 3. The smallest absolute Gasteiger partial charge is 0.329 e. The zero-order chi connectivity index (χ0) is 21.6. The lowest BCUT2D eigenvalue weighted by molar-refractivity contribution is -0.147. The summed E-state index contributed by atoms with van der Waals surface area (Å²) in [6.45, 7) is 0.145. The van der Waals surface area contributed by atoms with E-state index in [0.29, 0.717) is 17.1 Å². The second-order valence-corrected chi connectivity index (χ2v) is 7.66. The van der Waals surface area contributed by atoms with Crippen LogP contribution in [0.1, 0.15) is 21.6 Å². The minimum absolute atomic E-state index is 0.145. The van der Waals surface area contributed by atoms with E-state index in [-0.39, 0.29) is 12.5 Å². The summed E-state index contributed by atoms with van der Waals surface area (Å²) in [5.74, 6) is -0.870. The molecular formula is C25H21ClN2O3. The van der Waals surface area contributed by atoms with Gasteiger partial charge in [-0.25, -0.2) is 4.79 Å². The van der Waals surface area contributed by atoms with Crippen molar-refractivity contribution in [3.8, 4) is 0 Å². The first-order valence-corrected chi connectivity index (χ1v) is 10.3. The summed E-state index contributed by atoms with van der Waals surface area (Å²) in [4.78, 5) is 28.8. The van der Waals surface area contributed by atoms with Crippen LogP contribution in [0.15, 0.2) is 84.9 Å². The largest absolute Gasteiger partial charge is 0.459 e. The van der Waals surface area contributed by atoms with Gasteiger partial charge < -0.3 is 15.0 Å². The molecule has 2 N–H and O–H groups in total. The number of benzene rings is 3. The van der Waals surface area contributed by atoms with Crippen molar-refractivity contribution in [2.75, 3.05) is 0 Å². The molecule has 1 atom stereocenters. The number of H-pyrrole nitrogens is 1. The van der Waals surface area contributed by atoms with Crippen molar-refractivity contribution in [3.05, 3.63) is 107 Å². The third kappa shape index (κ3) is 5.32. The number of fused-ring (bicyclic) bond motifs is 1. The highest BCUT2D eigenvalue weighted by Crippen LogP contribution is 2.20. The lowest BCUT2D eigenvalue weighted by Gasteiger charge is -2.17. The Balaban J connectivity index is 1.51. The van der Waals surface area contributed by atoms with Gasteiger partial charge in [0.1, 0.15) is 18.3 Å². The third-order valence-corrected chi connectivity index (χ3v) is 5.16. The van der Waals surface area contributed by atoms with Gasteiger partial charge in [0.2, 0.25) is 0 Å². The zero-order valence-corrected chi connectivity index (χ0v) is 17.4. The maximum atomic E-state index is 12.9. The van der Waals surface area contributed by atoms with Crippen molar-refractivity contribution in [1.29, 1.82) is 0 Å². The number of hydrogen-bond donors (Lipinski definition) is 2. The van der Waals surface area contributed by atoms with Gasteiger partial charge in [-0.1, -0.05) is 72.3 Å². The van der Waals surface area contributed by atoms with Gasteiger partial charge in [-0.2, -0.15) is 0 Å². The van der Waals surface area contributed by atoms with E-state index in [1.807, 2.05) is 66.7 Å². The van der Waals surface area contributed by atoms with Crippen LogP contribution in [-0.4, -0.2) is 22.9 Å². The predicted octanol–water partition coefficient (Wildman–Crippen LogP) is 4.91. The van der Waals surface area contributed by atoms with E-state index < -0.39 is 12.0 Å². The summed E-state index contributed by atoms with van der Waals surface area (Å²) in [6.07, 6.45) is 0.326. The second-order valence-electron chi connectivity index (χ2n) is 7.22. The van der Waals surface area contributed by atoms with Crippen LogP contribution in [-0.2, 0) is 22.6 Å². The topological polar surface area (TPSA) is 71.2 Å². The number of ether oxygens (including phenoxy) is 1. The number of nitrogens with one attached hydrogen (secondary N) is 2. The van der Waals surface area contributed by atoms with E-state index in [9.17, 15) is 9.59 Å². The van der Waals surface area contributed by atoms with Gasteiger partial charge >= 0.3 is 5.97 Å². The van der Waals surface area contributed by atoms with E-state index in [0.717, 1.165) is 22.0 Å². The van der Waals surface area contributed by atoms with Crippen molar-refractivity contribution in [2.24, 2.45) is 0 Å². The van der Waals surface area contributed by atoms with Crippen molar-refractivity contribution in [3.63, 3.8) is 0 Å². The molecule has 3 aromatic carbocycles. The van der Waals surface area contributed by atoms with Crippen molar-refractivity contribution in [2.45, 2.75) is 19.1 Å². The fraction of sp³-hybridized carbons (Fsp3) is 0.120. The third-order valence-electron chi connectivity index (χ3n) is 4.92. The molecule has 0 saturated heterocycles. The number of esters is 1. The van der Waals surface area contributed by atoms with Gasteiger partial charge in [0, 0.05) is 22.3 Å². The van der Waals surface area contributed by atoms with Gasteiger partial charge in [-0.05, 0) is 35.4 Å². The van der Waals surface area contributed by atoms with Gasteiger partial charge in [-0.15, -0.1) is 0 Å². The fourth-order valence-electron chi connectivity index (χ4n) is 3.33. The second kappa shape index (κ2) is 9.49. The SMILES string of the molecule is O=C(NC(Cc1ccccc1)C(=O)OCc1ccccc1)c1cc2cc(Cl)ccc2[nH]1. The number of carbonyl (C=O) groups is 2. The molecule has 1 aromatic heterocycles. The molecule has 0 spiro atoms. The number of halogens is 1. The number of aromatic nitrogens is 1. The Morgan fingerprint density at radius 2 is 1.58 bits per heavy atom. The molecule has 6 heteroatoms. The Labute approximate surface area is 185 Å². The molecule has 0 aliphatic heterocycles. The van der Waals surface area contributed by atoms with Crippen LogP contribution in [0.2, 0.25) is 5.02 Å². The molecule has 1 heterocycles. The summed E-state index contributed by atoms with van der Waals surface area (Å²) in [5, 5.41) is 4.23. The monoisotopic (exact) mass is 432 g/mol. The highest BCUT2D eigenvalue weighted by Gasteiger charge is 2.24. The van der Waals surface area contributed by atoms with Crippen molar-refractivity contribution >= 4 is 34.4 Å².